The van der Waals surface area contributed by atoms with Crippen molar-refractivity contribution < 1.29 is 50.1 Å². The molecule has 1 heterocycles. The maximum atomic E-state index is 5.61. The molecule has 0 aliphatic rings. The Morgan fingerprint density at radius 2 is 1.55 bits per heavy atom. The fraction of sp³-hybridized carbons (Fsp3) is 0.500. The van der Waals surface area contributed by atoms with Crippen LogP contribution in [-0.2, 0) is 51.7 Å². The van der Waals surface area contributed by atoms with Gasteiger partial charge in [0.15, 0.2) is 5.75 Å². The van der Waals surface area contributed by atoms with E-state index in [1.54, 1.807) is 6.92 Å². The van der Waals surface area contributed by atoms with E-state index in [1.165, 1.54) is 6.20 Å². The molecule has 0 atom stereocenters. The van der Waals surface area contributed by atoms with Gasteiger partial charge >= 0.3 is 0 Å². The maximum Gasteiger partial charge on any atom is 0.191 e. The molecule has 0 radical (unpaired) electrons. The Morgan fingerprint density at radius 1 is 0.955 bits per heavy atom. The summed E-state index contributed by atoms with van der Waals surface area (Å²) in [7, 11) is 0. The minimum Gasteiger partial charge on any atom is -0.326 e. The molecule has 0 bridgehead atoms. The smallest absolute Gasteiger partial charge is 0.191 e. The molecule has 126 valence electrons. The highest BCUT2D eigenvalue weighted by Crippen LogP contribution is 2.22. The summed E-state index contributed by atoms with van der Waals surface area (Å²) in [5.41, 5.74) is 7.98. The molecule has 0 fully saturated rings. The predicted molar refractivity (Wildman–Crippen MR) is 62.5 cm³/mol. The lowest BCUT2D eigenvalue weighted by Crippen LogP contribution is -2.09. The third-order valence-corrected chi connectivity index (χ3v) is 2.36. The summed E-state index contributed by atoms with van der Waals surface area (Å²) in [5, 5.41) is 31.1. The standard InChI is InChI=1S/C10H16N2O10/c1-4-13-15-17-19-21-22-20-18-16-14-10-6-12-8(3)7(2)9(10)5-11/h6H,4-5,11H2,1-3H3. The largest absolute Gasteiger partial charge is 0.326 e. The van der Waals surface area contributed by atoms with Crippen molar-refractivity contribution >= 4 is 0 Å². The van der Waals surface area contributed by atoms with Gasteiger partial charge in [0.05, 0.1) is 12.8 Å². The van der Waals surface area contributed by atoms with Crippen LogP contribution in [-0.4, -0.2) is 11.6 Å². The first-order chi connectivity index (χ1) is 10.7. The normalized spacial score (nSPS) is 10.9. The van der Waals surface area contributed by atoms with Gasteiger partial charge in [-0.25, -0.2) is 4.89 Å². The van der Waals surface area contributed by atoms with E-state index in [-0.39, 0.29) is 18.9 Å². The average molecular weight is 324 g/mol. The van der Waals surface area contributed by atoms with Crippen molar-refractivity contribution in [2.75, 3.05) is 6.61 Å². The Labute approximate surface area is 124 Å². The SMILES string of the molecule is CCOOOOOOOOOOc1cnc(C)c(C)c1CN. The van der Waals surface area contributed by atoms with Crippen LogP contribution >= 0.6 is 0 Å². The molecule has 1 rings (SSSR count). The van der Waals surface area contributed by atoms with E-state index in [0.717, 1.165) is 11.3 Å². The lowest BCUT2D eigenvalue weighted by atomic mass is 10.1. The second-order valence-electron chi connectivity index (χ2n) is 3.55. The molecule has 0 saturated heterocycles. The second kappa shape index (κ2) is 11.2. The fourth-order valence-electron chi connectivity index (χ4n) is 1.25. The molecular formula is C10H16N2O10. The lowest BCUT2D eigenvalue weighted by molar-refractivity contribution is -0.841. The van der Waals surface area contributed by atoms with Crippen LogP contribution in [0.4, 0.5) is 0 Å². The molecule has 1 aromatic rings. The van der Waals surface area contributed by atoms with Crippen LogP contribution < -0.4 is 10.6 Å². The summed E-state index contributed by atoms with van der Waals surface area (Å²) in [4.78, 5) is 13.1. The number of rotatable bonds is 12. The molecule has 0 unspecified atom stereocenters. The average Bonchev–Trinajstić information content (AvgIpc) is 2.52. The molecule has 1 aromatic heterocycles. The van der Waals surface area contributed by atoms with Crippen LogP contribution in [0.15, 0.2) is 6.20 Å². The number of pyridine rings is 1. The second-order valence-corrected chi connectivity index (χ2v) is 3.55. The highest BCUT2D eigenvalue weighted by atomic mass is 17.9. The van der Waals surface area contributed by atoms with Gasteiger partial charge in [0.25, 0.3) is 0 Å². The highest BCUT2D eigenvalue weighted by Gasteiger charge is 2.10. The minimum atomic E-state index is 0.222. The van der Waals surface area contributed by atoms with Crippen molar-refractivity contribution in [2.45, 2.75) is 27.3 Å². The molecule has 0 aromatic carbocycles. The van der Waals surface area contributed by atoms with Crippen molar-refractivity contribution in [2.24, 2.45) is 5.73 Å². The molecule has 12 heteroatoms. The van der Waals surface area contributed by atoms with Crippen LogP contribution in [0, 0.1) is 13.8 Å². The van der Waals surface area contributed by atoms with Gasteiger partial charge in [-0.2, -0.15) is 0 Å². The lowest BCUT2D eigenvalue weighted by Gasteiger charge is -2.10. The molecule has 0 spiro atoms. The van der Waals surface area contributed by atoms with Gasteiger partial charge < -0.3 is 10.6 Å². The maximum absolute atomic E-state index is 5.61. The molecule has 0 aliphatic carbocycles. The number of hydrogen-bond donors (Lipinski definition) is 1. The van der Waals surface area contributed by atoms with Crippen LogP contribution in [0.1, 0.15) is 23.7 Å². The van der Waals surface area contributed by atoms with Crippen molar-refractivity contribution in [3.63, 3.8) is 0 Å². The number of nitrogens with zero attached hydrogens (tertiary/aromatic N) is 1. The molecule has 22 heavy (non-hydrogen) atoms. The van der Waals surface area contributed by atoms with Gasteiger partial charge in [-0.15, -0.1) is 0 Å². The van der Waals surface area contributed by atoms with Crippen molar-refractivity contribution in [1.29, 1.82) is 0 Å². The van der Waals surface area contributed by atoms with Gasteiger partial charge in [0.1, 0.15) is 0 Å². The quantitative estimate of drug-likeness (QED) is 0.333. The zero-order chi connectivity index (χ0) is 16.2. The van der Waals surface area contributed by atoms with Crippen molar-refractivity contribution in [3.8, 4) is 5.75 Å². The number of aromatic nitrogens is 1. The minimum absolute atomic E-state index is 0.222. The first-order valence-corrected chi connectivity index (χ1v) is 5.98. The zero-order valence-corrected chi connectivity index (χ0v) is 12.1. The molecule has 0 aliphatic heterocycles. The van der Waals surface area contributed by atoms with Gasteiger partial charge in [0, 0.05) is 38.0 Å². The van der Waals surface area contributed by atoms with E-state index < -0.39 is 0 Å². The monoisotopic (exact) mass is 324 g/mol. The summed E-state index contributed by atoms with van der Waals surface area (Å²) in [6.45, 7) is 5.78. The third kappa shape index (κ3) is 6.54. The van der Waals surface area contributed by atoms with E-state index >= 15 is 0 Å². The predicted octanol–water partition coefficient (Wildman–Crippen LogP) is 0.940. The zero-order valence-electron chi connectivity index (χ0n) is 12.1. The summed E-state index contributed by atoms with van der Waals surface area (Å²) in [6, 6.07) is 0. The number of nitrogens with two attached hydrogens (primary N) is 1. The van der Waals surface area contributed by atoms with Gasteiger partial charge in [-0.1, -0.05) is 0 Å². The molecule has 12 nitrogen and oxygen atoms in total. The molecule has 0 amide bonds. The highest BCUT2D eigenvalue weighted by molar-refractivity contribution is 5.39. The summed E-state index contributed by atoms with van der Waals surface area (Å²) in [6.07, 6.45) is 1.41. The van der Waals surface area contributed by atoms with Gasteiger partial charge in [0.2, 0.25) is 0 Å². The van der Waals surface area contributed by atoms with Crippen molar-refractivity contribution in [3.05, 3.63) is 23.0 Å². The Hall–Kier alpha value is -1.45. The first-order valence-electron chi connectivity index (χ1n) is 5.98. The van der Waals surface area contributed by atoms with Crippen molar-refractivity contribution in [1.82, 2.24) is 4.98 Å². The van der Waals surface area contributed by atoms with Crippen LogP contribution in [0.2, 0.25) is 0 Å². The Morgan fingerprint density at radius 3 is 2.14 bits per heavy atom. The first kappa shape index (κ1) is 18.6. The molecular weight excluding hydrogens is 308 g/mol. The van der Waals surface area contributed by atoms with Gasteiger partial charge in [-0.3, -0.25) is 4.98 Å². The van der Waals surface area contributed by atoms with Crippen LogP contribution in [0.25, 0.3) is 0 Å². The van der Waals surface area contributed by atoms with E-state index in [1.807, 2.05) is 13.8 Å². The Bertz CT molecular complexity index is 432. The fourth-order valence-corrected chi connectivity index (χ4v) is 1.25. The van der Waals surface area contributed by atoms with E-state index in [2.05, 4.69) is 50.2 Å². The Balaban J connectivity index is 2.14. The van der Waals surface area contributed by atoms with E-state index in [0.29, 0.717) is 5.56 Å². The number of aryl methyl sites for hydroxylation is 1. The molecule has 0 saturated carbocycles. The van der Waals surface area contributed by atoms with Crippen LogP contribution in [0.3, 0.4) is 0 Å². The molecule has 2 N–H and O–H groups in total. The summed E-state index contributed by atoms with van der Waals surface area (Å²) >= 11 is 0. The van der Waals surface area contributed by atoms with E-state index in [4.69, 9.17) is 10.6 Å². The number of hydrogen-bond acceptors (Lipinski definition) is 12. The topological polar surface area (TPSA) is 131 Å². The Kier molecular flexibility index (Phi) is 9.44. The van der Waals surface area contributed by atoms with Crippen LogP contribution in [0.5, 0.6) is 5.75 Å². The van der Waals surface area contributed by atoms with E-state index in [9.17, 15) is 0 Å². The van der Waals surface area contributed by atoms with Gasteiger partial charge in [-0.05, 0) is 46.5 Å². The summed E-state index contributed by atoms with van der Waals surface area (Å²) in [5.74, 6) is 0.250. The summed E-state index contributed by atoms with van der Waals surface area (Å²) < 4.78 is 0. The third-order valence-electron chi connectivity index (χ3n) is 2.36.